The normalized spacial score (nSPS) is 11.3. The fourth-order valence-electron chi connectivity index (χ4n) is 1.62. The molecule has 106 valence electrons. The summed E-state index contributed by atoms with van der Waals surface area (Å²) in [5, 5.41) is 2.97. The SMILES string of the molecule is CNCc1ccc(S(=O)(=O)Nc2ccccc2Br)nc1. The van der Waals surface area contributed by atoms with E-state index in [4.69, 9.17) is 0 Å². The molecule has 1 aromatic carbocycles. The minimum Gasteiger partial charge on any atom is -0.316 e. The molecule has 1 aromatic heterocycles. The van der Waals surface area contributed by atoms with Crippen LogP contribution in [0, 0.1) is 0 Å². The summed E-state index contributed by atoms with van der Waals surface area (Å²) in [6.45, 7) is 0.644. The molecule has 0 bridgehead atoms. The second-order valence-electron chi connectivity index (χ2n) is 4.12. The molecule has 2 aromatic rings. The van der Waals surface area contributed by atoms with E-state index in [9.17, 15) is 8.42 Å². The molecule has 0 aliphatic heterocycles. The number of sulfonamides is 1. The topological polar surface area (TPSA) is 71.1 Å². The lowest BCUT2D eigenvalue weighted by Crippen LogP contribution is -2.15. The highest BCUT2D eigenvalue weighted by atomic mass is 79.9. The smallest absolute Gasteiger partial charge is 0.279 e. The zero-order chi connectivity index (χ0) is 14.6. The molecule has 5 nitrogen and oxygen atoms in total. The Kier molecular flexibility index (Phi) is 4.74. The Morgan fingerprint density at radius 2 is 1.95 bits per heavy atom. The van der Waals surface area contributed by atoms with Crippen molar-refractivity contribution in [1.82, 2.24) is 10.3 Å². The highest BCUT2D eigenvalue weighted by molar-refractivity contribution is 9.10. The molecule has 0 radical (unpaired) electrons. The van der Waals surface area contributed by atoms with Crippen LogP contribution in [0.3, 0.4) is 0 Å². The molecular formula is C13H14BrN3O2S. The number of hydrogen-bond donors (Lipinski definition) is 2. The molecule has 0 amide bonds. The monoisotopic (exact) mass is 355 g/mol. The summed E-state index contributed by atoms with van der Waals surface area (Å²) < 4.78 is 27.6. The van der Waals surface area contributed by atoms with E-state index < -0.39 is 10.0 Å². The van der Waals surface area contributed by atoms with Gasteiger partial charge in [0.05, 0.1) is 5.69 Å². The van der Waals surface area contributed by atoms with Gasteiger partial charge in [0, 0.05) is 17.2 Å². The van der Waals surface area contributed by atoms with E-state index in [2.05, 4.69) is 31.0 Å². The number of nitrogens with one attached hydrogen (secondary N) is 2. The lowest BCUT2D eigenvalue weighted by Gasteiger charge is -2.09. The molecule has 2 rings (SSSR count). The van der Waals surface area contributed by atoms with Crippen LogP contribution in [0.2, 0.25) is 0 Å². The van der Waals surface area contributed by atoms with Gasteiger partial charge in [-0.25, -0.2) is 4.98 Å². The minimum absolute atomic E-state index is 0.00638. The van der Waals surface area contributed by atoms with Crippen LogP contribution in [0.15, 0.2) is 52.1 Å². The number of benzene rings is 1. The maximum absolute atomic E-state index is 12.2. The minimum atomic E-state index is -3.68. The van der Waals surface area contributed by atoms with Gasteiger partial charge in [-0.1, -0.05) is 18.2 Å². The second kappa shape index (κ2) is 6.34. The van der Waals surface area contributed by atoms with Gasteiger partial charge in [0.25, 0.3) is 10.0 Å². The Hall–Kier alpha value is -1.44. The first-order valence-electron chi connectivity index (χ1n) is 5.90. The van der Waals surface area contributed by atoms with Crippen LogP contribution in [0.1, 0.15) is 5.56 Å². The number of hydrogen-bond acceptors (Lipinski definition) is 4. The number of aromatic nitrogens is 1. The summed E-state index contributed by atoms with van der Waals surface area (Å²) in [5.74, 6) is 0. The summed E-state index contributed by atoms with van der Waals surface area (Å²) >= 11 is 3.30. The predicted molar refractivity (Wildman–Crippen MR) is 82.0 cm³/mol. The van der Waals surface area contributed by atoms with Gasteiger partial charge in [-0.15, -0.1) is 0 Å². The van der Waals surface area contributed by atoms with E-state index in [0.29, 0.717) is 16.7 Å². The van der Waals surface area contributed by atoms with Gasteiger partial charge in [0.15, 0.2) is 5.03 Å². The third-order valence-corrected chi connectivity index (χ3v) is 4.54. The van der Waals surface area contributed by atoms with Gasteiger partial charge in [0.1, 0.15) is 0 Å². The first-order valence-corrected chi connectivity index (χ1v) is 8.17. The van der Waals surface area contributed by atoms with Crippen LogP contribution in [-0.2, 0) is 16.6 Å². The third-order valence-electron chi connectivity index (χ3n) is 2.57. The van der Waals surface area contributed by atoms with Gasteiger partial charge in [-0.2, -0.15) is 8.42 Å². The van der Waals surface area contributed by atoms with Gasteiger partial charge in [0.2, 0.25) is 0 Å². The van der Waals surface area contributed by atoms with Crippen molar-refractivity contribution >= 4 is 31.6 Å². The summed E-state index contributed by atoms with van der Waals surface area (Å²) in [7, 11) is -1.86. The molecule has 0 aliphatic rings. The molecule has 2 N–H and O–H groups in total. The van der Waals surface area contributed by atoms with Crippen molar-refractivity contribution in [2.75, 3.05) is 11.8 Å². The Morgan fingerprint density at radius 3 is 2.55 bits per heavy atom. The highest BCUT2D eigenvalue weighted by Gasteiger charge is 2.16. The van der Waals surface area contributed by atoms with Gasteiger partial charge < -0.3 is 5.32 Å². The van der Waals surface area contributed by atoms with Crippen molar-refractivity contribution in [1.29, 1.82) is 0 Å². The molecule has 0 unspecified atom stereocenters. The largest absolute Gasteiger partial charge is 0.316 e. The molecule has 0 saturated heterocycles. The van der Waals surface area contributed by atoms with Crippen molar-refractivity contribution in [2.45, 2.75) is 11.6 Å². The van der Waals surface area contributed by atoms with Crippen LogP contribution >= 0.6 is 15.9 Å². The van der Waals surface area contributed by atoms with Crippen LogP contribution in [0.5, 0.6) is 0 Å². The zero-order valence-corrected chi connectivity index (χ0v) is 13.2. The first kappa shape index (κ1) is 15.0. The first-order chi connectivity index (χ1) is 9.53. The van der Waals surface area contributed by atoms with Crippen LogP contribution in [-0.4, -0.2) is 20.4 Å². The van der Waals surface area contributed by atoms with E-state index >= 15 is 0 Å². The van der Waals surface area contributed by atoms with Crippen molar-refractivity contribution in [3.05, 3.63) is 52.6 Å². The molecule has 0 saturated carbocycles. The Morgan fingerprint density at radius 1 is 1.20 bits per heavy atom. The van der Waals surface area contributed by atoms with Gasteiger partial charge in [-0.3, -0.25) is 4.72 Å². The van der Waals surface area contributed by atoms with E-state index in [-0.39, 0.29) is 5.03 Å². The van der Waals surface area contributed by atoms with Gasteiger partial charge in [-0.05, 0) is 46.7 Å². The Balaban J connectivity index is 2.24. The second-order valence-corrected chi connectivity index (χ2v) is 6.60. The lowest BCUT2D eigenvalue weighted by molar-refractivity contribution is 0.597. The van der Waals surface area contributed by atoms with Crippen molar-refractivity contribution in [2.24, 2.45) is 0 Å². The Bertz CT molecular complexity index is 687. The van der Waals surface area contributed by atoms with Crippen LogP contribution in [0.4, 0.5) is 5.69 Å². The maximum atomic E-state index is 12.2. The molecular weight excluding hydrogens is 342 g/mol. The average molecular weight is 356 g/mol. The summed E-state index contributed by atoms with van der Waals surface area (Å²) in [6.07, 6.45) is 1.55. The lowest BCUT2D eigenvalue weighted by atomic mass is 10.3. The average Bonchev–Trinajstić information content (AvgIpc) is 2.42. The molecule has 7 heteroatoms. The van der Waals surface area contributed by atoms with Gasteiger partial charge >= 0.3 is 0 Å². The summed E-state index contributed by atoms with van der Waals surface area (Å²) in [4.78, 5) is 3.99. The van der Waals surface area contributed by atoms with Crippen molar-refractivity contribution in [3.63, 3.8) is 0 Å². The van der Waals surface area contributed by atoms with E-state index in [1.165, 1.54) is 6.07 Å². The van der Waals surface area contributed by atoms with Crippen LogP contribution < -0.4 is 10.0 Å². The summed E-state index contributed by atoms with van der Waals surface area (Å²) in [5.41, 5.74) is 1.40. The zero-order valence-electron chi connectivity index (χ0n) is 10.8. The van der Waals surface area contributed by atoms with E-state index in [0.717, 1.165) is 5.56 Å². The summed E-state index contributed by atoms with van der Waals surface area (Å²) in [6, 6.07) is 10.2. The maximum Gasteiger partial charge on any atom is 0.279 e. The quantitative estimate of drug-likeness (QED) is 0.863. The molecule has 0 aliphatic carbocycles. The standard InChI is InChI=1S/C13H14BrN3O2S/c1-15-8-10-6-7-13(16-9-10)20(18,19)17-12-5-3-2-4-11(12)14/h2-7,9,15,17H,8H2,1H3. The highest BCUT2D eigenvalue weighted by Crippen LogP contribution is 2.23. The van der Waals surface area contributed by atoms with E-state index in [1.54, 1.807) is 30.5 Å². The third kappa shape index (κ3) is 3.56. The molecule has 0 spiro atoms. The number of pyridine rings is 1. The number of anilines is 1. The van der Waals surface area contributed by atoms with Crippen molar-refractivity contribution < 1.29 is 8.42 Å². The van der Waals surface area contributed by atoms with Crippen LogP contribution in [0.25, 0.3) is 0 Å². The molecule has 1 heterocycles. The number of halogens is 1. The van der Waals surface area contributed by atoms with E-state index in [1.807, 2.05) is 13.1 Å². The molecule has 0 fully saturated rings. The predicted octanol–water partition coefficient (Wildman–Crippen LogP) is 2.36. The molecule has 20 heavy (non-hydrogen) atoms. The number of para-hydroxylation sites is 1. The fourth-order valence-corrected chi connectivity index (χ4v) is 3.15. The van der Waals surface area contributed by atoms with Crippen molar-refractivity contribution in [3.8, 4) is 0 Å². The number of nitrogens with zero attached hydrogens (tertiary/aromatic N) is 1. The molecule has 0 atom stereocenters. The Labute approximate surface area is 126 Å². The number of rotatable bonds is 5. The fraction of sp³-hybridized carbons (Fsp3) is 0.154.